The Morgan fingerprint density at radius 1 is 0.629 bits per heavy atom. The molecule has 0 bridgehead atoms. The van der Waals surface area contributed by atoms with E-state index in [0.717, 1.165) is 69.0 Å². The summed E-state index contributed by atoms with van der Waals surface area (Å²) in [6.45, 7) is 6.94. The molecule has 0 radical (unpaired) electrons. The molecule has 3 aromatic carbocycles. The molecule has 0 atom stereocenters. The lowest BCUT2D eigenvalue weighted by molar-refractivity contribution is 0.136. The lowest BCUT2D eigenvalue weighted by atomic mass is 9.87. The van der Waals surface area contributed by atoms with Gasteiger partial charge in [0.15, 0.2) is 0 Å². The average molecular weight is 495 g/mol. The number of thioether (sulfide) groups is 1. The molecule has 35 heavy (non-hydrogen) atoms. The molecule has 0 aromatic heterocycles. The molecule has 0 N–H and O–H groups in total. The van der Waals surface area contributed by atoms with Gasteiger partial charge in [0.2, 0.25) is 0 Å². The van der Waals surface area contributed by atoms with Gasteiger partial charge in [0.05, 0.1) is 0 Å². The molecule has 0 amide bonds. The highest BCUT2D eigenvalue weighted by molar-refractivity contribution is 7.99. The first-order valence-corrected chi connectivity index (χ1v) is 13.8. The van der Waals surface area contributed by atoms with E-state index in [0.29, 0.717) is 0 Å². The Hall–Kier alpha value is -2.21. The van der Waals surface area contributed by atoms with Crippen LogP contribution in [0.2, 0.25) is 0 Å². The molecule has 186 valence electrons. The van der Waals surface area contributed by atoms with Gasteiger partial charge in [0, 0.05) is 49.3 Å². The summed E-state index contributed by atoms with van der Waals surface area (Å²) in [5.41, 5.74) is 2.19. The standard InChI is InChI=1S/C30H36F2N2S/c31-27-14-10-25(11-15-27)30(26-12-16-28(32)17-13-26)9-5-2-6-18-33-19-21-34(22-20-33)23-24-35-29-7-3-1-4-8-29/h1,3-4,7-8,10-17,30H,2,5-6,9,18-24H2. The van der Waals surface area contributed by atoms with Crippen molar-refractivity contribution in [3.05, 3.63) is 102 Å². The van der Waals surface area contributed by atoms with Gasteiger partial charge in [0.1, 0.15) is 11.6 Å². The predicted octanol–water partition coefficient (Wildman–Crippen LogP) is 7.07. The van der Waals surface area contributed by atoms with E-state index in [2.05, 4.69) is 40.1 Å². The van der Waals surface area contributed by atoms with E-state index in [-0.39, 0.29) is 17.6 Å². The van der Waals surface area contributed by atoms with Crippen LogP contribution < -0.4 is 0 Å². The first-order valence-electron chi connectivity index (χ1n) is 12.8. The Morgan fingerprint density at radius 2 is 1.17 bits per heavy atom. The molecule has 3 aromatic rings. The highest BCUT2D eigenvalue weighted by atomic mass is 32.2. The summed E-state index contributed by atoms with van der Waals surface area (Å²) in [6, 6.07) is 24.2. The van der Waals surface area contributed by atoms with Gasteiger partial charge in [-0.3, -0.25) is 4.90 Å². The van der Waals surface area contributed by atoms with Gasteiger partial charge in [0.25, 0.3) is 0 Å². The van der Waals surface area contributed by atoms with Crippen LogP contribution in [0, 0.1) is 11.6 Å². The molecule has 4 rings (SSSR count). The first kappa shape index (κ1) is 25.9. The summed E-state index contributed by atoms with van der Waals surface area (Å²) in [5.74, 6) is 0.879. The van der Waals surface area contributed by atoms with Gasteiger partial charge in [-0.2, -0.15) is 0 Å². The average Bonchev–Trinajstić information content (AvgIpc) is 2.89. The third-order valence-corrected chi connectivity index (χ3v) is 7.89. The van der Waals surface area contributed by atoms with Gasteiger partial charge < -0.3 is 4.90 Å². The van der Waals surface area contributed by atoms with Crippen LogP contribution in [0.5, 0.6) is 0 Å². The minimum Gasteiger partial charge on any atom is -0.301 e. The maximum absolute atomic E-state index is 13.4. The minimum atomic E-state index is -0.221. The van der Waals surface area contributed by atoms with Crippen molar-refractivity contribution < 1.29 is 8.78 Å². The van der Waals surface area contributed by atoms with Crippen molar-refractivity contribution in [2.75, 3.05) is 45.0 Å². The number of piperazine rings is 1. The second-order valence-corrected chi connectivity index (χ2v) is 10.5. The predicted molar refractivity (Wildman–Crippen MR) is 143 cm³/mol. The minimum absolute atomic E-state index is 0.175. The zero-order valence-corrected chi connectivity index (χ0v) is 21.2. The number of hydrogen-bond donors (Lipinski definition) is 0. The number of hydrogen-bond acceptors (Lipinski definition) is 3. The van der Waals surface area contributed by atoms with Crippen molar-refractivity contribution in [2.24, 2.45) is 0 Å². The number of rotatable bonds is 12. The van der Waals surface area contributed by atoms with Crippen molar-refractivity contribution in [3.8, 4) is 0 Å². The third kappa shape index (κ3) is 8.45. The van der Waals surface area contributed by atoms with E-state index in [1.54, 1.807) is 0 Å². The van der Waals surface area contributed by atoms with E-state index in [1.807, 2.05) is 36.0 Å². The van der Waals surface area contributed by atoms with Crippen LogP contribution in [0.1, 0.15) is 42.7 Å². The number of halogens is 2. The molecule has 0 spiro atoms. The smallest absolute Gasteiger partial charge is 0.123 e. The van der Waals surface area contributed by atoms with Crippen molar-refractivity contribution >= 4 is 11.8 Å². The van der Waals surface area contributed by atoms with Gasteiger partial charge in [-0.05, 0) is 66.9 Å². The molecule has 1 aliphatic rings. The Kier molecular flexibility index (Phi) is 10.2. The Bertz CT molecular complexity index is 942. The fraction of sp³-hybridized carbons (Fsp3) is 0.400. The molecule has 1 aliphatic heterocycles. The third-order valence-electron chi connectivity index (χ3n) is 6.90. The molecule has 0 unspecified atom stereocenters. The largest absolute Gasteiger partial charge is 0.301 e. The van der Waals surface area contributed by atoms with E-state index in [4.69, 9.17) is 0 Å². The zero-order chi connectivity index (χ0) is 24.3. The van der Waals surface area contributed by atoms with Crippen molar-refractivity contribution in [1.29, 1.82) is 0 Å². The number of benzene rings is 3. The van der Waals surface area contributed by atoms with E-state index in [1.165, 1.54) is 42.0 Å². The highest BCUT2D eigenvalue weighted by Crippen LogP contribution is 2.30. The zero-order valence-electron chi connectivity index (χ0n) is 20.4. The summed E-state index contributed by atoms with van der Waals surface area (Å²) >= 11 is 1.94. The van der Waals surface area contributed by atoms with E-state index < -0.39 is 0 Å². The quantitative estimate of drug-likeness (QED) is 0.196. The van der Waals surface area contributed by atoms with Gasteiger partial charge >= 0.3 is 0 Å². The number of unbranched alkanes of at least 4 members (excludes halogenated alkanes) is 2. The summed E-state index contributed by atoms with van der Waals surface area (Å²) in [5, 5.41) is 0. The van der Waals surface area contributed by atoms with Crippen LogP contribution in [-0.4, -0.2) is 54.8 Å². The van der Waals surface area contributed by atoms with Gasteiger partial charge in [-0.25, -0.2) is 8.78 Å². The van der Waals surface area contributed by atoms with Crippen molar-refractivity contribution in [1.82, 2.24) is 9.80 Å². The molecule has 5 heteroatoms. The lowest BCUT2D eigenvalue weighted by Gasteiger charge is -2.34. The van der Waals surface area contributed by atoms with Crippen LogP contribution in [-0.2, 0) is 0 Å². The van der Waals surface area contributed by atoms with Crippen LogP contribution in [0.15, 0.2) is 83.8 Å². The maximum atomic E-state index is 13.4. The van der Waals surface area contributed by atoms with E-state index in [9.17, 15) is 8.78 Å². The Labute approximate surface area is 213 Å². The summed E-state index contributed by atoms with van der Waals surface area (Å²) in [6.07, 6.45) is 4.47. The second kappa shape index (κ2) is 13.8. The van der Waals surface area contributed by atoms with E-state index >= 15 is 0 Å². The second-order valence-electron chi connectivity index (χ2n) is 9.35. The van der Waals surface area contributed by atoms with Gasteiger partial charge in [-0.1, -0.05) is 55.3 Å². The van der Waals surface area contributed by atoms with Crippen molar-refractivity contribution in [3.63, 3.8) is 0 Å². The molecule has 0 saturated carbocycles. The molecular weight excluding hydrogens is 458 g/mol. The maximum Gasteiger partial charge on any atom is 0.123 e. The summed E-state index contributed by atoms with van der Waals surface area (Å²) in [7, 11) is 0. The van der Waals surface area contributed by atoms with Crippen LogP contribution >= 0.6 is 11.8 Å². The fourth-order valence-electron chi connectivity index (χ4n) is 4.82. The van der Waals surface area contributed by atoms with Crippen LogP contribution in [0.25, 0.3) is 0 Å². The lowest BCUT2D eigenvalue weighted by Crippen LogP contribution is -2.47. The Morgan fingerprint density at radius 3 is 1.74 bits per heavy atom. The molecular formula is C30H36F2N2S. The molecule has 1 fully saturated rings. The number of nitrogens with zero attached hydrogens (tertiary/aromatic N) is 2. The molecule has 1 heterocycles. The monoisotopic (exact) mass is 494 g/mol. The SMILES string of the molecule is Fc1ccc(C(CCCCCN2CCN(CCSc3ccccc3)CC2)c2ccc(F)cc2)cc1. The molecule has 1 saturated heterocycles. The Balaban J connectivity index is 1.14. The van der Waals surface area contributed by atoms with Crippen LogP contribution in [0.3, 0.4) is 0 Å². The summed E-state index contributed by atoms with van der Waals surface area (Å²) in [4.78, 5) is 6.54. The topological polar surface area (TPSA) is 6.48 Å². The first-order chi connectivity index (χ1) is 17.2. The summed E-state index contributed by atoms with van der Waals surface area (Å²) < 4.78 is 26.9. The highest BCUT2D eigenvalue weighted by Gasteiger charge is 2.17. The van der Waals surface area contributed by atoms with Crippen molar-refractivity contribution in [2.45, 2.75) is 36.5 Å². The molecule has 0 aliphatic carbocycles. The van der Waals surface area contributed by atoms with Gasteiger partial charge in [-0.15, -0.1) is 11.8 Å². The normalized spacial score (nSPS) is 15.1. The molecule has 2 nitrogen and oxygen atoms in total. The van der Waals surface area contributed by atoms with Crippen LogP contribution in [0.4, 0.5) is 8.78 Å². The fourth-order valence-corrected chi connectivity index (χ4v) is 5.76.